The molecule has 4 rings (SSSR count). The molecule has 2 N–H and O–H groups in total. The van der Waals surface area contributed by atoms with Gasteiger partial charge in [-0.25, -0.2) is 0 Å². The molecule has 0 aromatic carbocycles. The molecule has 4 saturated carbocycles. The summed E-state index contributed by atoms with van der Waals surface area (Å²) in [7, 11) is 0. The maximum Gasteiger partial charge on any atom is 0.217 e. The maximum atomic E-state index is 11.4. The maximum absolute atomic E-state index is 11.4. The van der Waals surface area contributed by atoms with Crippen molar-refractivity contribution in [2.75, 3.05) is 0 Å². The molecule has 0 spiro atoms. The van der Waals surface area contributed by atoms with E-state index >= 15 is 0 Å². The van der Waals surface area contributed by atoms with Gasteiger partial charge in [-0.2, -0.15) is 0 Å². The van der Waals surface area contributed by atoms with Crippen LogP contribution < -0.4 is 5.73 Å². The first-order chi connectivity index (χ1) is 7.66. The predicted molar refractivity (Wildman–Crippen MR) is 68.3 cm³/mol. The zero-order valence-corrected chi connectivity index (χ0v) is 11.4. The van der Waals surface area contributed by atoms with Gasteiger partial charge in [-0.15, -0.1) is 0 Å². The van der Waals surface area contributed by atoms with E-state index < -0.39 is 0 Å². The lowest BCUT2D eigenvalue weighted by molar-refractivity contribution is -0.186. The smallest absolute Gasteiger partial charge is 0.217 e. The Morgan fingerprint density at radius 2 is 1.24 bits per heavy atom. The molecule has 2 nitrogen and oxygen atoms in total. The molecule has 1 amide bonds. The van der Waals surface area contributed by atoms with Gasteiger partial charge in [0.1, 0.15) is 0 Å². The van der Waals surface area contributed by atoms with Crippen LogP contribution in [0.1, 0.15) is 65.7 Å². The number of nitrogens with two attached hydrogens (primary N) is 1. The summed E-state index contributed by atoms with van der Waals surface area (Å²) in [4.78, 5) is 11.4. The van der Waals surface area contributed by atoms with Gasteiger partial charge in [0.25, 0.3) is 0 Å². The zero-order chi connectivity index (χ0) is 12.5. The Morgan fingerprint density at radius 3 is 1.53 bits per heavy atom. The lowest BCUT2D eigenvalue weighted by atomic mass is 9.36. The van der Waals surface area contributed by atoms with Crippen LogP contribution in [-0.2, 0) is 4.79 Å². The fourth-order valence-electron chi connectivity index (χ4n) is 7.11. The Morgan fingerprint density at radius 1 is 0.882 bits per heavy atom. The predicted octanol–water partition coefficient (Wildman–Crippen LogP) is 3.25. The van der Waals surface area contributed by atoms with Gasteiger partial charge in [-0.3, -0.25) is 4.79 Å². The third-order valence-electron chi connectivity index (χ3n) is 5.52. The minimum absolute atomic E-state index is 0.0947. The van der Waals surface area contributed by atoms with E-state index in [-0.39, 0.29) is 11.3 Å². The third kappa shape index (κ3) is 1.71. The average Bonchev–Trinajstić information content (AvgIpc) is 1.87. The highest BCUT2D eigenvalue weighted by Crippen LogP contribution is 2.74. The molecule has 4 bridgehead atoms. The number of carbonyl (C=O) groups excluding carboxylic acids is 1. The fourth-order valence-corrected chi connectivity index (χ4v) is 7.11. The first-order valence-electron chi connectivity index (χ1n) is 6.94. The molecule has 0 heterocycles. The van der Waals surface area contributed by atoms with Crippen LogP contribution in [0.2, 0.25) is 0 Å². The average molecular weight is 235 g/mol. The lowest BCUT2D eigenvalue weighted by Gasteiger charge is -2.69. The second-order valence-corrected chi connectivity index (χ2v) is 8.64. The van der Waals surface area contributed by atoms with Crippen molar-refractivity contribution in [2.45, 2.75) is 65.7 Å². The SMILES string of the molecule is CC12CC3(C)CC(C)(C1)CC(CC(N)=O)(C2)C3. The van der Waals surface area contributed by atoms with E-state index in [4.69, 9.17) is 5.73 Å². The lowest BCUT2D eigenvalue weighted by Crippen LogP contribution is -2.59. The molecular weight excluding hydrogens is 210 g/mol. The van der Waals surface area contributed by atoms with Crippen molar-refractivity contribution in [3.05, 3.63) is 0 Å². The highest BCUT2D eigenvalue weighted by atomic mass is 16.1. The molecule has 4 fully saturated rings. The van der Waals surface area contributed by atoms with Crippen LogP contribution in [0.5, 0.6) is 0 Å². The first-order valence-corrected chi connectivity index (χ1v) is 6.94. The third-order valence-corrected chi connectivity index (χ3v) is 5.52. The Bertz CT molecular complexity index is 333. The van der Waals surface area contributed by atoms with E-state index in [1.54, 1.807) is 0 Å². The van der Waals surface area contributed by atoms with Crippen molar-refractivity contribution in [3.8, 4) is 0 Å². The van der Waals surface area contributed by atoms with Crippen LogP contribution in [-0.4, -0.2) is 5.91 Å². The van der Waals surface area contributed by atoms with Gasteiger partial charge in [0.2, 0.25) is 5.91 Å². The Kier molecular flexibility index (Phi) is 1.97. The highest BCUT2D eigenvalue weighted by molar-refractivity contribution is 5.74. The second-order valence-electron chi connectivity index (χ2n) is 8.64. The van der Waals surface area contributed by atoms with Gasteiger partial charge >= 0.3 is 0 Å². The molecular formula is C15H25NO. The van der Waals surface area contributed by atoms with E-state index in [1.807, 2.05) is 0 Å². The largest absolute Gasteiger partial charge is 0.370 e. The zero-order valence-electron chi connectivity index (χ0n) is 11.4. The molecule has 0 unspecified atom stereocenters. The number of amides is 1. The summed E-state index contributed by atoms with van der Waals surface area (Å²) in [6, 6.07) is 0. The summed E-state index contributed by atoms with van der Waals surface area (Å²) in [5.41, 5.74) is 7.14. The number of carbonyl (C=O) groups is 1. The van der Waals surface area contributed by atoms with Gasteiger partial charge in [0.05, 0.1) is 0 Å². The van der Waals surface area contributed by atoms with Crippen LogP contribution in [0, 0.1) is 21.7 Å². The molecule has 0 atom stereocenters. The number of hydrogen-bond donors (Lipinski definition) is 1. The number of rotatable bonds is 2. The highest BCUT2D eigenvalue weighted by Gasteiger charge is 2.63. The van der Waals surface area contributed by atoms with Crippen LogP contribution in [0.4, 0.5) is 0 Å². The summed E-state index contributed by atoms with van der Waals surface area (Å²) in [6.45, 7) is 7.32. The molecule has 4 aliphatic carbocycles. The van der Waals surface area contributed by atoms with E-state index in [9.17, 15) is 4.79 Å². The minimum atomic E-state index is -0.0947. The molecule has 17 heavy (non-hydrogen) atoms. The molecule has 96 valence electrons. The summed E-state index contributed by atoms with van der Waals surface area (Å²) in [6.07, 6.45) is 8.38. The van der Waals surface area contributed by atoms with Crippen LogP contribution in [0.15, 0.2) is 0 Å². The van der Waals surface area contributed by atoms with Gasteiger partial charge in [0, 0.05) is 6.42 Å². The number of hydrogen-bond acceptors (Lipinski definition) is 1. The summed E-state index contributed by atoms with van der Waals surface area (Å²) < 4.78 is 0. The minimum Gasteiger partial charge on any atom is -0.370 e. The normalized spacial score (nSPS) is 56.2. The van der Waals surface area contributed by atoms with E-state index in [2.05, 4.69) is 20.8 Å². The summed E-state index contributed by atoms with van der Waals surface area (Å²) in [5.74, 6) is -0.0947. The van der Waals surface area contributed by atoms with Crippen molar-refractivity contribution in [3.63, 3.8) is 0 Å². The molecule has 0 aromatic rings. The summed E-state index contributed by atoms with van der Waals surface area (Å²) >= 11 is 0. The summed E-state index contributed by atoms with van der Waals surface area (Å²) in [5, 5.41) is 0. The quantitative estimate of drug-likeness (QED) is 0.784. The van der Waals surface area contributed by atoms with Crippen LogP contribution in [0.25, 0.3) is 0 Å². The van der Waals surface area contributed by atoms with E-state index in [0.29, 0.717) is 22.7 Å². The van der Waals surface area contributed by atoms with Crippen LogP contribution in [0.3, 0.4) is 0 Å². The van der Waals surface area contributed by atoms with Gasteiger partial charge in [0.15, 0.2) is 0 Å². The van der Waals surface area contributed by atoms with Crippen molar-refractivity contribution < 1.29 is 4.79 Å². The molecule has 2 heteroatoms. The van der Waals surface area contributed by atoms with Crippen molar-refractivity contribution >= 4 is 5.91 Å². The molecule has 0 radical (unpaired) electrons. The molecule has 0 saturated heterocycles. The van der Waals surface area contributed by atoms with Crippen molar-refractivity contribution in [1.82, 2.24) is 0 Å². The van der Waals surface area contributed by atoms with Crippen LogP contribution >= 0.6 is 0 Å². The molecule has 0 aliphatic heterocycles. The topological polar surface area (TPSA) is 43.1 Å². The Labute approximate surface area is 104 Å². The van der Waals surface area contributed by atoms with Gasteiger partial charge < -0.3 is 5.73 Å². The molecule has 4 aliphatic rings. The first kappa shape index (κ1) is 11.6. The number of primary amides is 1. The molecule has 0 aromatic heterocycles. The fraction of sp³-hybridized carbons (Fsp3) is 0.933. The Hall–Kier alpha value is -0.530. The van der Waals surface area contributed by atoms with Gasteiger partial charge in [-0.1, -0.05) is 20.8 Å². The Balaban J connectivity index is 2.01. The second kappa shape index (κ2) is 2.89. The monoisotopic (exact) mass is 235 g/mol. The van der Waals surface area contributed by atoms with Gasteiger partial charge in [-0.05, 0) is 60.2 Å². The van der Waals surface area contributed by atoms with E-state index in [1.165, 1.54) is 38.5 Å². The van der Waals surface area contributed by atoms with E-state index in [0.717, 1.165) is 0 Å². The van der Waals surface area contributed by atoms with Crippen molar-refractivity contribution in [1.29, 1.82) is 0 Å². The standard InChI is InChI=1S/C15H25NO/c1-12-5-13(2)7-14(3,6-12)10-15(8-12,9-13)4-11(16)17/h4-10H2,1-3H3,(H2,16,17). The van der Waals surface area contributed by atoms with Crippen molar-refractivity contribution in [2.24, 2.45) is 27.4 Å².